The molecule has 2 atom stereocenters. The standard InChI is InChI=1S/C16H25NO/c1-3-11-18-12-10-14-9-8-13-6-4-5-7-15(13)16(14)17-2/h4-7,14,16-17H,3,8-12H2,1-2H3. The first-order chi connectivity index (χ1) is 8.86. The van der Waals surface area contributed by atoms with E-state index in [0.717, 1.165) is 19.6 Å². The van der Waals surface area contributed by atoms with E-state index in [1.807, 2.05) is 0 Å². The van der Waals surface area contributed by atoms with Gasteiger partial charge < -0.3 is 10.1 Å². The summed E-state index contributed by atoms with van der Waals surface area (Å²) in [6, 6.07) is 9.34. The topological polar surface area (TPSA) is 21.3 Å². The highest BCUT2D eigenvalue weighted by molar-refractivity contribution is 5.32. The van der Waals surface area contributed by atoms with E-state index < -0.39 is 0 Å². The van der Waals surface area contributed by atoms with E-state index in [-0.39, 0.29) is 0 Å². The number of hydrogen-bond donors (Lipinski definition) is 1. The van der Waals surface area contributed by atoms with E-state index in [2.05, 4.69) is 43.6 Å². The first kappa shape index (κ1) is 13.6. The van der Waals surface area contributed by atoms with Crippen LogP contribution in [0.4, 0.5) is 0 Å². The van der Waals surface area contributed by atoms with Crippen molar-refractivity contribution in [3.63, 3.8) is 0 Å². The van der Waals surface area contributed by atoms with Crippen molar-refractivity contribution in [2.45, 2.75) is 38.6 Å². The van der Waals surface area contributed by atoms with Gasteiger partial charge >= 0.3 is 0 Å². The molecule has 100 valence electrons. The normalized spacial score (nSPS) is 22.8. The molecule has 0 radical (unpaired) electrons. The molecule has 1 aliphatic carbocycles. The van der Waals surface area contributed by atoms with Gasteiger partial charge in [-0.1, -0.05) is 31.2 Å². The molecule has 2 heteroatoms. The van der Waals surface area contributed by atoms with Crippen molar-refractivity contribution in [2.24, 2.45) is 5.92 Å². The van der Waals surface area contributed by atoms with Crippen LogP contribution in [0.3, 0.4) is 0 Å². The quantitative estimate of drug-likeness (QED) is 0.779. The molecule has 1 aliphatic rings. The number of hydrogen-bond acceptors (Lipinski definition) is 2. The molecule has 2 nitrogen and oxygen atoms in total. The van der Waals surface area contributed by atoms with Crippen molar-refractivity contribution in [2.75, 3.05) is 20.3 Å². The molecule has 0 heterocycles. The monoisotopic (exact) mass is 247 g/mol. The van der Waals surface area contributed by atoms with Crippen LogP contribution in [0.5, 0.6) is 0 Å². The summed E-state index contributed by atoms with van der Waals surface area (Å²) in [7, 11) is 2.08. The summed E-state index contributed by atoms with van der Waals surface area (Å²) in [6.45, 7) is 3.96. The first-order valence-corrected chi connectivity index (χ1v) is 7.19. The summed E-state index contributed by atoms with van der Waals surface area (Å²) in [5.74, 6) is 0.710. The molecule has 0 aliphatic heterocycles. The lowest BCUT2D eigenvalue weighted by atomic mass is 9.78. The van der Waals surface area contributed by atoms with Crippen LogP contribution in [0.1, 0.15) is 43.4 Å². The van der Waals surface area contributed by atoms with Gasteiger partial charge in [-0.2, -0.15) is 0 Å². The predicted molar refractivity (Wildman–Crippen MR) is 75.8 cm³/mol. The number of fused-ring (bicyclic) bond motifs is 1. The highest BCUT2D eigenvalue weighted by Gasteiger charge is 2.27. The Morgan fingerprint density at radius 2 is 2.11 bits per heavy atom. The van der Waals surface area contributed by atoms with Crippen LogP contribution in [-0.4, -0.2) is 20.3 Å². The van der Waals surface area contributed by atoms with Crippen molar-refractivity contribution in [1.82, 2.24) is 5.32 Å². The van der Waals surface area contributed by atoms with Crippen molar-refractivity contribution in [3.8, 4) is 0 Å². The minimum atomic E-state index is 0.500. The summed E-state index contributed by atoms with van der Waals surface area (Å²) < 4.78 is 5.64. The third kappa shape index (κ3) is 3.12. The molecule has 2 rings (SSSR count). The van der Waals surface area contributed by atoms with Crippen molar-refractivity contribution in [3.05, 3.63) is 35.4 Å². The Morgan fingerprint density at radius 1 is 1.28 bits per heavy atom. The molecular formula is C16H25NO. The number of rotatable bonds is 6. The zero-order valence-corrected chi connectivity index (χ0v) is 11.6. The minimum absolute atomic E-state index is 0.500. The second-order valence-corrected chi connectivity index (χ2v) is 5.16. The van der Waals surface area contributed by atoms with Gasteiger partial charge in [0.25, 0.3) is 0 Å². The Bertz CT molecular complexity index is 364. The van der Waals surface area contributed by atoms with Crippen LogP contribution in [0, 0.1) is 5.92 Å². The molecule has 0 saturated carbocycles. The lowest BCUT2D eigenvalue weighted by molar-refractivity contribution is 0.111. The summed E-state index contributed by atoms with van der Waals surface area (Å²) in [6.07, 6.45) is 4.77. The van der Waals surface area contributed by atoms with E-state index in [1.54, 1.807) is 0 Å². The third-order valence-corrected chi connectivity index (χ3v) is 3.94. The molecular weight excluding hydrogens is 222 g/mol. The SMILES string of the molecule is CCCOCCC1CCc2ccccc2C1NC. The number of nitrogens with one attached hydrogen (secondary N) is 1. The van der Waals surface area contributed by atoms with Gasteiger partial charge in [-0.05, 0) is 49.8 Å². The molecule has 1 aromatic rings. The second-order valence-electron chi connectivity index (χ2n) is 5.16. The second kappa shape index (κ2) is 6.91. The van der Waals surface area contributed by atoms with E-state index in [9.17, 15) is 0 Å². The molecule has 0 amide bonds. The zero-order valence-electron chi connectivity index (χ0n) is 11.6. The Hall–Kier alpha value is -0.860. The fraction of sp³-hybridized carbons (Fsp3) is 0.625. The van der Waals surface area contributed by atoms with Gasteiger partial charge in [-0.25, -0.2) is 0 Å². The molecule has 1 N–H and O–H groups in total. The highest BCUT2D eigenvalue weighted by Crippen LogP contribution is 2.35. The maximum Gasteiger partial charge on any atom is 0.0469 e. The summed E-state index contributed by atoms with van der Waals surface area (Å²) in [5, 5.41) is 3.50. The van der Waals surface area contributed by atoms with Gasteiger partial charge in [0.2, 0.25) is 0 Å². The lowest BCUT2D eigenvalue weighted by Gasteiger charge is -2.33. The molecule has 0 fully saturated rings. The summed E-state index contributed by atoms with van der Waals surface area (Å²) >= 11 is 0. The molecule has 2 unspecified atom stereocenters. The lowest BCUT2D eigenvalue weighted by Crippen LogP contribution is -2.30. The summed E-state index contributed by atoms with van der Waals surface area (Å²) in [4.78, 5) is 0. The molecule has 18 heavy (non-hydrogen) atoms. The van der Waals surface area contributed by atoms with E-state index in [1.165, 1.54) is 30.4 Å². The minimum Gasteiger partial charge on any atom is -0.381 e. The summed E-state index contributed by atoms with van der Waals surface area (Å²) in [5.41, 5.74) is 3.01. The van der Waals surface area contributed by atoms with Crippen LogP contribution in [0.2, 0.25) is 0 Å². The van der Waals surface area contributed by atoms with Crippen molar-refractivity contribution < 1.29 is 4.74 Å². The fourth-order valence-corrected chi connectivity index (χ4v) is 3.01. The molecule has 0 bridgehead atoms. The smallest absolute Gasteiger partial charge is 0.0469 e. The Balaban J connectivity index is 1.97. The highest BCUT2D eigenvalue weighted by atomic mass is 16.5. The number of ether oxygens (including phenoxy) is 1. The van der Waals surface area contributed by atoms with E-state index >= 15 is 0 Å². The molecule has 0 aromatic heterocycles. The van der Waals surface area contributed by atoms with Crippen LogP contribution >= 0.6 is 0 Å². The molecule has 0 saturated heterocycles. The van der Waals surface area contributed by atoms with E-state index in [4.69, 9.17) is 4.74 Å². The Morgan fingerprint density at radius 3 is 2.89 bits per heavy atom. The van der Waals surface area contributed by atoms with Crippen LogP contribution in [-0.2, 0) is 11.2 Å². The largest absolute Gasteiger partial charge is 0.381 e. The molecule has 1 aromatic carbocycles. The van der Waals surface area contributed by atoms with Crippen LogP contribution in [0.25, 0.3) is 0 Å². The third-order valence-electron chi connectivity index (χ3n) is 3.94. The van der Waals surface area contributed by atoms with Gasteiger partial charge in [-0.3, -0.25) is 0 Å². The maximum absolute atomic E-state index is 5.64. The Kier molecular flexibility index (Phi) is 5.21. The maximum atomic E-state index is 5.64. The van der Waals surface area contributed by atoms with Gasteiger partial charge in [0.05, 0.1) is 0 Å². The van der Waals surface area contributed by atoms with E-state index in [0.29, 0.717) is 12.0 Å². The van der Waals surface area contributed by atoms with Gasteiger partial charge in [-0.15, -0.1) is 0 Å². The average Bonchev–Trinajstić information content (AvgIpc) is 2.43. The molecule has 0 spiro atoms. The zero-order chi connectivity index (χ0) is 12.8. The van der Waals surface area contributed by atoms with Gasteiger partial charge in [0, 0.05) is 19.3 Å². The van der Waals surface area contributed by atoms with Gasteiger partial charge in [0.15, 0.2) is 0 Å². The first-order valence-electron chi connectivity index (χ1n) is 7.19. The number of benzene rings is 1. The fourth-order valence-electron chi connectivity index (χ4n) is 3.01. The van der Waals surface area contributed by atoms with Crippen molar-refractivity contribution in [1.29, 1.82) is 0 Å². The Labute approximate surface area is 111 Å². The number of aryl methyl sites for hydroxylation is 1. The van der Waals surface area contributed by atoms with Crippen LogP contribution < -0.4 is 5.32 Å². The van der Waals surface area contributed by atoms with Crippen molar-refractivity contribution >= 4 is 0 Å². The predicted octanol–water partition coefficient (Wildman–Crippen LogP) is 3.33. The van der Waals surface area contributed by atoms with Gasteiger partial charge in [0.1, 0.15) is 0 Å². The van der Waals surface area contributed by atoms with Crippen LogP contribution in [0.15, 0.2) is 24.3 Å². The average molecular weight is 247 g/mol.